The number of fused-ring (bicyclic) bond motifs is 1. The number of anilines is 1. The molecule has 1 aromatic carbocycles. The number of rotatable bonds is 5. The number of aryl methyl sites for hydroxylation is 3. The number of aromatic nitrogens is 3. The lowest BCUT2D eigenvalue weighted by atomic mass is 10.0. The Morgan fingerprint density at radius 1 is 1.07 bits per heavy atom. The summed E-state index contributed by atoms with van der Waals surface area (Å²) in [7, 11) is 0. The number of nitrogens with zero attached hydrogens (tertiary/aromatic N) is 4. The summed E-state index contributed by atoms with van der Waals surface area (Å²) in [5.74, 6) is 2.16. The Morgan fingerprint density at radius 2 is 1.79 bits per heavy atom. The van der Waals surface area contributed by atoms with Crippen LogP contribution in [0, 0.1) is 20.8 Å². The molecule has 0 spiro atoms. The summed E-state index contributed by atoms with van der Waals surface area (Å²) in [6.07, 6.45) is 2.14. The molecule has 0 unspecified atom stereocenters. The van der Waals surface area contributed by atoms with Gasteiger partial charge in [-0.05, 0) is 62.8 Å². The molecule has 1 aliphatic heterocycles. The van der Waals surface area contributed by atoms with Crippen LogP contribution in [0.4, 0.5) is 5.95 Å². The van der Waals surface area contributed by atoms with Gasteiger partial charge in [-0.3, -0.25) is 0 Å². The first-order valence-electron chi connectivity index (χ1n) is 10.6. The zero-order chi connectivity index (χ0) is 20.5. The number of nitrogens with one attached hydrogen (secondary N) is 1. The molecule has 1 fully saturated rings. The molecule has 2 aromatic heterocycles. The van der Waals surface area contributed by atoms with Crippen LogP contribution in [-0.2, 0) is 6.54 Å². The van der Waals surface area contributed by atoms with Crippen molar-refractivity contribution in [1.29, 1.82) is 0 Å². The maximum atomic E-state index is 5.44. The van der Waals surface area contributed by atoms with Crippen LogP contribution in [0.3, 0.4) is 0 Å². The molecule has 1 N–H and O–H groups in total. The van der Waals surface area contributed by atoms with E-state index in [0.717, 1.165) is 66.5 Å². The predicted octanol–water partition coefficient (Wildman–Crippen LogP) is 4.43. The Bertz CT molecular complexity index is 1000. The quantitative estimate of drug-likeness (QED) is 0.692. The van der Waals surface area contributed by atoms with Crippen LogP contribution in [-0.4, -0.2) is 34.3 Å². The molecule has 0 aliphatic carbocycles. The Labute approximate surface area is 172 Å². The van der Waals surface area contributed by atoms with Gasteiger partial charge in [0.05, 0.1) is 23.4 Å². The molecule has 29 heavy (non-hydrogen) atoms. The smallest absolute Gasteiger partial charge is 0.226 e. The maximum absolute atomic E-state index is 5.44. The van der Waals surface area contributed by atoms with E-state index < -0.39 is 0 Å². The fraction of sp³-hybridized carbons (Fsp3) is 0.522. The van der Waals surface area contributed by atoms with Gasteiger partial charge in [0.25, 0.3) is 0 Å². The van der Waals surface area contributed by atoms with Crippen molar-refractivity contribution >= 4 is 16.9 Å². The summed E-state index contributed by atoms with van der Waals surface area (Å²) in [5.41, 5.74) is 5.68. The molecule has 3 heterocycles. The standard InChI is InChI=1S/C23H31N5O/c1-14(2)21-12-19(29-27-21)13-24-18-6-8-28(9-7-18)23-25-17(5)20-10-15(3)16(4)11-22(20)26-23/h10-12,14,18,24H,6-9,13H2,1-5H3. The molecule has 154 valence electrons. The third kappa shape index (κ3) is 4.27. The van der Waals surface area contributed by atoms with Gasteiger partial charge in [0.15, 0.2) is 5.76 Å². The van der Waals surface area contributed by atoms with Crippen LogP contribution in [0.1, 0.15) is 60.9 Å². The molecule has 0 saturated carbocycles. The van der Waals surface area contributed by atoms with Crippen LogP contribution < -0.4 is 10.2 Å². The molecule has 6 heteroatoms. The van der Waals surface area contributed by atoms with Gasteiger partial charge in [0.1, 0.15) is 0 Å². The molecule has 6 nitrogen and oxygen atoms in total. The number of benzene rings is 1. The Morgan fingerprint density at radius 3 is 2.48 bits per heavy atom. The molecular formula is C23H31N5O. The molecule has 0 bridgehead atoms. The zero-order valence-electron chi connectivity index (χ0n) is 18.1. The lowest BCUT2D eigenvalue weighted by Gasteiger charge is -2.32. The molecule has 4 rings (SSSR count). The molecule has 0 radical (unpaired) electrons. The molecule has 0 amide bonds. The topological polar surface area (TPSA) is 67.1 Å². The molecule has 1 saturated heterocycles. The van der Waals surface area contributed by atoms with Gasteiger partial charge in [-0.2, -0.15) is 0 Å². The largest absolute Gasteiger partial charge is 0.360 e. The Balaban J connectivity index is 1.38. The van der Waals surface area contributed by atoms with Gasteiger partial charge in [-0.25, -0.2) is 9.97 Å². The number of hydrogen-bond acceptors (Lipinski definition) is 6. The Kier molecular flexibility index (Phi) is 5.54. The van der Waals surface area contributed by atoms with Gasteiger partial charge in [-0.1, -0.05) is 19.0 Å². The minimum Gasteiger partial charge on any atom is -0.360 e. The molecule has 3 aromatic rings. The number of piperidine rings is 1. The van der Waals surface area contributed by atoms with Crippen LogP contribution in [0.2, 0.25) is 0 Å². The van der Waals surface area contributed by atoms with E-state index in [0.29, 0.717) is 12.0 Å². The highest BCUT2D eigenvalue weighted by molar-refractivity contribution is 5.83. The van der Waals surface area contributed by atoms with E-state index in [1.807, 2.05) is 0 Å². The molecule has 1 aliphatic rings. The third-order valence-electron chi connectivity index (χ3n) is 6.00. The third-order valence-corrected chi connectivity index (χ3v) is 6.00. The van der Waals surface area contributed by atoms with Crippen LogP contribution in [0.5, 0.6) is 0 Å². The van der Waals surface area contributed by atoms with Crippen molar-refractivity contribution in [3.63, 3.8) is 0 Å². The van der Waals surface area contributed by atoms with E-state index in [-0.39, 0.29) is 0 Å². The van der Waals surface area contributed by atoms with E-state index in [9.17, 15) is 0 Å². The lowest BCUT2D eigenvalue weighted by Crippen LogP contribution is -2.43. The van der Waals surface area contributed by atoms with Gasteiger partial charge in [0, 0.05) is 30.6 Å². The Hall–Kier alpha value is -2.47. The van der Waals surface area contributed by atoms with E-state index in [1.54, 1.807) is 0 Å². The molecule has 0 atom stereocenters. The first-order chi connectivity index (χ1) is 13.9. The second kappa shape index (κ2) is 8.11. The van der Waals surface area contributed by atoms with Gasteiger partial charge in [-0.15, -0.1) is 0 Å². The van der Waals surface area contributed by atoms with E-state index in [1.165, 1.54) is 11.1 Å². The first kappa shape index (κ1) is 19.8. The van der Waals surface area contributed by atoms with Gasteiger partial charge >= 0.3 is 0 Å². The van der Waals surface area contributed by atoms with Crippen molar-refractivity contribution in [3.05, 3.63) is 46.5 Å². The fourth-order valence-electron chi connectivity index (χ4n) is 3.88. The predicted molar refractivity (Wildman–Crippen MR) is 116 cm³/mol. The lowest BCUT2D eigenvalue weighted by molar-refractivity contribution is 0.342. The highest BCUT2D eigenvalue weighted by Gasteiger charge is 2.22. The van der Waals surface area contributed by atoms with Crippen LogP contribution in [0.15, 0.2) is 22.7 Å². The minimum absolute atomic E-state index is 0.397. The average molecular weight is 394 g/mol. The van der Waals surface area contributed by atoms with Gasteiger partial charge in [0.2, 0.25) is 5.95 Å². The van der Waals surface area contributed by atoms with Crippen molar-refractivity contribution < 1.29 is 4.52 Å². The van der Waals surface area contributed by atoms with E-state index in [2.05, 4.69) is 68.2 Å². The van der Waals surface area contributed by atoms with Crippen molar-refractivity contribution in [3.8, 4) is 0 Å². The van der Waals surface area contributed by atoms with Crippen LogP contribution in [0.25, 0.3) is 10.9 Å². The normalized spacial score (nSPS) is 15.6. The van der Waals surface area contributed by atoms with E-state index >= 15 is 0 Å². The highest BCUT2D eigenvalue weighted by atomic mass is 16.5. The van der Waals surface area contributed by atoms with Crippen molar-refractivity contribution in [2.75, 3.05) is 18.0 Å². The fourth-order valence-corrected chi connectivity index (χ4v) is 3.88. The maximum Gasteiger partial charge on any atom is 0.226 e. The highest BCUT2D eigenvalue weighted by Crippen LogP contribution is 2.24. The summed E-state index contributed by atoms with van der Waals surface area (Å²) in [6, 6.07) is 6.92. The summed E-state index contributed by atoms with van der Waals surface area (Å²) in [5, 5.41) is 8.91. The van der Waals surface area contributed by atoms with E-state index in [4.69, 9.17) is 14.5 Å². The number of hydrogen-bond donors (Lipinski definition) is 1. The zero-order valence-corrected chi connectivity index (χ0v) is 18.1. The second-order valence-corrected chi connectivity index (χ2v) is 8.58. The summed E-state index contributed by atoms with van der Waals surface area (Å²) < 4.78 is 5.44. The second-order valence-electron chi connectivity index (χ2n) is 8.58. The average Bonchev–Trinajstić information content (AvgIpc) is 3.18. The molecular weight excluding hydrogens is 362 g/mol. The van der Waals surface area contributed by atoms with Crippen molar-refractivity contribution in [1.82, 2.24) is 20.4 Å². The van der Waals surface area contributed by atoms with Crippen LogP contribution >= 0.6 is 0 Å². The first-order valence-corrected chi connectivity index (χ1v) is 10.6. The summed E-state index contributed by atoms with van der Waals surface area (Å²) in [6.45, 7) is 13.3. The summed E-state index contributed by atoms with van der Waals surface area (Å²) in [4.78, 5) is 12.0. The van der Waals surface area contributed by atoms with Crippen molar-refractivity contribution in [2.24, 2.45) is 0 Å². The summed E-state index contributed by atoms with van der Waals surface area (Å²) >= 11 is 0. The van der Waals surface area contributed by atoms with Crippen molar-refractivity contribution in [2.45, 2.75) is 66.0 Å². The van der Waals surface area contributed by atoms with Gasteiger partial charge < -0.3 is 14.7 Å². The monoisotopic (exact) mass is 393 g/mol. The minimum atomic E-state index is 0.397. The SMILES string of the molecule is Cc1cc2nc(N3CCC(NCc4cc(C(C)C)no4)CC3)nc(C)c2cc1C.